The van der Waals surface area contributed by atoms with Crippen LogP contribution in [0, 0.1) is 10.1 Å². The summed E-state index contributed by atoms with van der Waals surface area (Å²) in [6.45, 7) is 1.80. The highest BCUT2D eigenvalue weighted by Gasteiger charge is 2.29. The van der Waals surface area contributed by atoms with E-state index in [1.165, 1.54) is 18.2 Å². The molecule has 2 aromatic rings. The second-order valence-corrected chi connectivity index (χ2v) is 8.89. The standard InChI is InChI=1S/C17H17BrClN3O5S/c1-2-9-20-17(23)11-21(13-5-3-12(18)4-6-13)28(26,27)14-7-8-15(19)16(10-14)22(24)25/h3-8,10H,2,9,11H2,1H3,(H,20,23). The molecule has 2 rings (SSSR count). The first-order chi connectivity index (χ1) is 13.2. The van der Waals surface area contributed by atoms with E-state index in [2.05, 4.69) is 21.2 Å². The van der Waals surface area contributed by atoms with E-state index in [9.17, 15) is 23.3 Å². The lowest BCUT2D eigenvalue weighted by Crippen LogP contribution is -2.41. The van der Waals surface area contributed by atoms with Gasteiger partial charge in [0.25, 0.3) is 15.7 Å². The molecule has 0 saturated carbocycles. The van der Waals surface area contributed by atoms with Crippen molar-refractivity contribution in [3.8, 4) is 0 Å². The number of amides is 1. The molecule has 0 fully saturated rings. The van der Waals surface area contributed by atoms with Crippen molar-refractivity contribution >= 4 is 54.8 Å². The summed E-state index contributed by atoms with van der Waals surface area (Å²) in [7, 11) is -4.27. The quantitative estimate of drug-likeness (QED) is 0.448. The number of benzene rings is 2. The van der Waals surface area contributed by atoms with Crippen LogP contribution in [0.3, 0.4) is 0 Å². The molecule has 0 spiro atoms. The molecule has 0 aliphatic rings. The number of carbonyl (C=O) groups excluding carboxylic acids is 1. The highest BCUT2D eigenvalue weighted by molar-refractivity contribution is 9.10. The molecule has 0 aliphatic heterocycles. The molecule has 0 saturated heterocycles. The Balaban J connectivity index is 2.51. The number of nitrogens with one attached hydrogen (secondary N) is 1. The lowest BCUT2D eigenvalue weighted by molar-refractivity contribution is -0.384. The number of anilines is 1. The Bertz CT molecular complexity index is 983. The fourth-order valence-corrected chi connectivity index (χ4v) is 4.19. The van der Waals surface area contributed by atoms with Crippen molar-refractivity contribution in [2.75, 3.05) is 17.4 Å². The molecule has 28 heavy (non-hydrogen) atoms. The van der Waals surface area contributed by atoms with Gasteiger partial charge in [0.05, 0.1) is 15.5 Å². The van der Waals surface area contributed by atoms with Crippen molar-refractivity contribution in [1.82, 2.24) is 5.32 Å². The predicted molar refractivity (Wildman–Crippen MR) is 110 cm³/mol. The van der Waals surface area contributed by atoms with Gasteiger partial charge in [-0.25, -0.2) is 8.42 Å². The molecule has 0 unspecified atom stereocenters. The second kappa shape index (κ2) is 9.35. The maximum absolute atomic E-state index is 13.2. The van der Waals surface area contributed by atoms with Crippen LogP contribution in [-0.4, -0.2) is 32.3 Å². The molecular formula is C17H17BrClN3O5S. The fraction of sp³-hybridized carbons (Fsp3) is 0.235. The van der Waals surface area contributed by atoms with E-state index in [1.54, 1.807) is 12.1 Å². The van der Waals surface area contributed by atoms with Crippen LogP contribution >= 0.6 is 27.5 Å². The van der Waals surface area contributed by atoms with E-state index in [0.717, 1.165) is 20.9 Å². The molecule has 2 aromatic carbocycles. The van der Waals surface area contributed by atoms with Crippen molar-refractivity contribution in [2.45, 2.75) is 18.2 Å². The van der Waals surface area contributed by atoms with Crippen LogP contribution in [0.2, 0.25) is 5.02 Å². The van der Waals surface area contributed by atoms with Crippen molar-refractivity contribution in [3.63, 3.8) is 0 Å². The number of nitrogens with zero attached hydrogens (tertiary/aromatic N) is 2. The number of nitro benzene ring substituents is 1. The largest absolute Gasteiger partial charge is 0.355 e. The first kappa shape index (κ1) is 22.1. The normalized spacial score (nSPS) is 11.1. The maximum atomic E-state index is 13.2. The second-order valence-electron chi connectivity index (χ2n) is 5.71. The van der Waals surface area contributed by atoms with Crippen LogP contribution in [0.4, 0.5) is 11.4 Å². The van der Waals surface area contributed by atoms with Crippen LogP contribution in [0.25, 0.3) is 0 Å². The molecule has 0 aromatic heterocycles. The van der Waals surface area contributed by atoms with Gasteiger partial charge in [-0.1, -0.05) is 34.5 Å². The van der Waals surface area contributed by atoms with E-state index >= 15 is 0 Å². The third-order valence-electron chi connectivity index (χ3n) is 3.68. The molecule has 0 bridgehead atoms. The average Bonchev–Trinajstić information content (AvgIpc) is 2.65. The van der Waals surface area contributed by atoms with Gasteiger partial charge in [-0.15, -0.1) is 0 Å². The van der Waals surface area contributed by atoms with Gasteiger partial charge in [-0.3, -0.25) is 19.2 Å². The molecule has 0 atom stereocenters. The molecule has 0 radical (unpaired) electrons. The third kappa shape index (κ3) is 5.21. The molecule has 150 valence electrons. The summed E-state index contributed by atoms with van der Waals surface area (Å²) in [6, 6.07) is 9.51. The summed E-state index contributed by atoms with van der Waals surface area (Å²) in [5.74, 6) is -0.489. The van der Waals surface area contributed by atoms with Gasteiger partial charge in [0.1, 0.15) is 11.6 Å². The van der Waals surface area contributed by atoms with Gasteiger partial charge in [0.15, 0.2) is 0 Å². The fourth-order valence-electron chi connectivity index (χ4n) is 2.29. The summed E-state index contributed by atoms with van der Waals surface area (Å²) >= 11 is 9.05. The zero-order chi connectivity index (χ0) is 20.9. The number of nitro groups is 1. The monoisotopic (exact) mass is 489 g/mol. The first-order valence-electron chi connectivity index (χ1n) is 8.15. The number of sulfonamides is 1. The Morgan fingerprint density at radius 1 is 1.25 bits per heavy atom. The molecule has 1 N–H and O–H groups in total. The third-order valence-corrected chi connectivity index (χ3v) is 6.29. The first-order valence-corrected chi connectivity index (χ1v) is 10.8. The van der Waals surface area contributed by atoms with Crippen LogP contribution in [0.1, 0.15) is 13.3 Å². The van der Waals surface area contributed by atoms with Gasteiger partial charge in [-0.05, 0) is 42.8 Å². The lowest BCUT2D eigenvalue weighted by atomic mass is 10.3. The van der Waals surface area contributed by atoms with Crippen molar-refractivity contribution < 1.29 is 18.1 Å². The molecule has 0 heterocycles. The van der Waals surface area contributed by atoms with Crippen LogP contribution in [-0.2, 0) is 14.8 Å². The van der Waals surface area contributed by atoms with Crippen molar-refractivity contribution in [1.29, 1.82) is 0 Å². The predicted octanol–water partition coefficient (Wildman–Crippen LogP) is 3.73. The minimum absolute atomic E-state index is 0.181. The minimum atomic E-state index is -4.27. The minimum Gasteiger partial charge on any atom is -0.355 e. The summed E-state index contributed by atoms with van der Waals surface area (Å²) in [4.78, 5) is 22.2. The van der Waals surface area contributed by atoms with Gasteiger partial charge in [0.2, 0.25) is 5.91 Å². The number of rotatable bonds is 8. The van der Waals surface area contributed by atoms with Gasteiger partial charge >= 0.3 is 0 Å². The van der Waals surface area contributed by atoms with E-state index in [-0.39, 0.29) is 15.6 Å². The molecule has 1 amide bonds. The zero-order valence-electron chi connectivity index (χ0n) is 14.8. The molecule has 11 heteroatoms. The van der Waals surface area contributed by atoms with E-state index in [0.29, 0.717) is 13.0 Å². The average molecular weight is 491 g/mol. The highest BCUT2D eigenvalue weighted by atomic mass is 79.9. The van der Waals surface area contributed by atoms with E-state index < -0.39 is 33.1 Å². The van der Waals surface area contributed by atoms with Crippen LogP contribution in [0.15, 0.2) is 51.8 Å². The Morgan fingerprint density at radius 2 is 1.89 bits per heavy atom. The zero-order valence-corrected chi connectivity index (χ0v) is 17.9. The van der Waals surface area contributed by atoms with Crippen molar-refractivity contribution in [2.24, 2.45) is 0 Å². The maximum Gasteiger partial charge on any atom is 0.289 e. The summed E-state index contributed by atoms with van der Waals surface area (Å²) < 4.78 is 28.0. The SMILES string of the molecule is CCCNC(=O)CN(c1ccc(Br)cc1)S(=O)(=O)c1ccc(Cl)c([N+](=O)[O-])c1. The summed E-state index contributed by atoms with van der Waals surface area (Å²) in [6.07, 6.45) is 0.695. The molecular weight excluding hydrogens is 474 g/mol. The Labute approximate surface area is 175 Å². The number of hydrogen-bond acceptors (Lipinski definition) is 5. The summed E-state index contributed by atoms with van der Waals surface area (Å²) in [5, 5.41) is 13.6. The van der Waals surface area contributed by atoms with Gasteiger partial charge in [0, 0.05) is 17.1 Å². The van der Waals surface area contributed by atoms with Crippen LogP contribution < -0.4 is 9.62 Å². The number of carbonyl (C=O) groups is 1. The van der Waals surface area contributed by atoms with E-state index in [1.807, 2.05) is 6.92 Å². The van der Waals surface area contributed by atoms with Crippen LogP contribution in [0.5, 0.6) is 0 Å². The Kier molecular flexibility index (Phi) is 7.39. The number of halogens is 2. The topological polar surface area (TPSA) is 110 Å². The van der Waals surface area contributed by atoms with Crippen molar-refractivity contribution in [3.05, 3.63) is 62.1 Å². The Hall–Kier alpha value is -2.17. The smallest absolute Gasteiger partial charge is 0.289 e. The molecule has 8 nitrogen and oxygen atoms in total. The number of hydrogen-bond donors (Lipinski definition) is 1. The van der Waals surface area contributed by atoms with E-state index in [4.69, 9.17) is 11.6 Å². The lowest BCUT2D eigenvalue weighted by Gasteiger charge is -2.24. The van der Waals surface area contributed by atoms with Gasteiger partial charge in [-0.2, -0.15) is 0 Å². The molecule has 0 aliphatic carbocycles. The Morgan fingerprint density at radius 3 is 2.46 bits per heavy atom. The van der Waals surface area contributed by atoms with Gasteiger partial charge < -0.3 is 5.32 Å². The highest BCUT2D eigenvalue weighted by Crippen LogP contribution is 2.30. The summed E-state index contributed by atoms with van der Waals surface area (Å²) in [5.41, 5.74) is -0.290.